The highest BCUT2D eigenvalue weighted by Crippen LogP contribution is 2.63. The highest BCUT2D eigenvalue weighted by atomic mass is 16.4. The second-order valence-corrected chi connectivity index (χ2v) is 8.00. The molecule has 0 aromatic heterocycles. The molecule has 5 atom stereocenters. The molecule has 3 aliphatic rings. The van der Waals surface area contributed by atoms with E-state index in [0.29, 0.717) is 23.0 Å². The predicted octanol–water partition coefficient (Wildman–Crippen LogP) is 3.66. The maximum Gasteiger partial charge on any atom is 0.306 e. The number of carboxylic acids is 1. The molecule has 0 amide bonds. The lowest BCUT2D eigenvalue weighted by Gasteiger charge is -2.60. The lowest BCUT2D eigenvalue weighted by molar-refractivity contribution is -0.155. The molecule has 3 fully saturated rings. The van der Waals surface area contributed by atoms with Crippen molar-refractivity contribution < 1.29 is 14.7 Å². The molecule has 0 spiro atoms. The number of aliphatic carboxylic acids is 1. The van der Waals surface area contributed by atoms with Gasteiger partial charge in [-0.3, -0.25) is 9.59 Å². The summed E-state index contributed by atoms with van der Waals surface area (Å²) in [5.41, 5.74) is 0.504. The van der Waals surface area contributed by atoms with Crippen LogP contribution in [0.5, 0.6) is 0 Å². The van der Waals surface area contributed by atoms with Crippen LogP contribution in [0.25, 0.3) is 0 Å². The molecule has 3 heteroatoms. The minimum atomic E-state index is -0.625. The van der Waals surface area contributed by atoms with Gasteiger partial charge in [0.15, 0.2) is 0 Å². The number of rotatable bonds is 1. The third kappa shape index (κ3) is 2.01. The average Bonchev–Trinajstić information content (AvgIpc) is 2.40. The van der Waals surface area contributed by atoms with Gasteiger partial charge in [-0.05, 0) is 61.2 Å². The number of hydrogen-bond donors (Lipinski definition) is 1. The van der Waals surface area contributed by atoms with Gasteiger partial charge < -0.3 is 5.11 Å². The van der Waals surface area contributed by atoms with E-state index >= 15 is 0 Å². The van der Waals surface area contributed by atoms with Crippen molar-refractivity contribution >= 4 is 11.8 Å². The summed E-state index contributed by atoms with van der Waals surface area (Å²) in [5.74, 6) is 0.623. The summed E-state index contributed by atoms with van der Waals surface area (Å²) in [6, 6.07) is 0. The fourth-order valence-corrected chi connectivity index (χ4v) is 5.56. The monoisotopic (exact) mass is 278 g/mol. The first-order valence-electron chi connectivity index (χ1n) is 8.10. The zero-order valence-electron chi connectivity index (χ0n) is 12.7. The van der Waals surface area contributed by atoms with Gasteiger partial charge in [0.25, 0.3) is 0 Å². The van der Waals surface area contributed by atoms with E-state index in [4.69, 9.17) is 0 Å². The molecule has 112 valence electrons. The van der Waals surface area contributed by atoms with Crippen LogP contribution in [-0.4, -0.2) is 16.9 Å². The van der Waals surface area contributed by atoms with Gasteiger partial charge >= 0.3 is 5.97 Å². The van der Waals surface area contributed by atoms with E-state index in [-0.39, 0.29) is 11.3 Å². The normalized spacial score (nSPS) is 48.3. The second-order valence-electron chi connectivity index (χ2n) is 8.00. The molecule has 1 N–H and O–H groups in total. The first-order valence-corrected chi connectivity index (χ1v) is 8.10. The molecule has 0 aromatic rings. The Kier molecular flexibility index (Phi) is 3.22. The molecule has 0 aromatic carbocycles. The summed E-state index contributed by atoms with van der Waals surface area (Å²) in [6.07, 6.45) is 7.48. The summed E-state index contributed by atoms with van der Waals surface area (Å²) in [7, 11) is 0. The fraction of sp³-hybridized carbons (Fsp3) is 0.882. The molecule has 20 heavy (non-hydrogen) atoms. The number of carboxylic acid groups (broad SMARTS) is 1. The van der Waals surface area contributed by atoms with E-state index in [1.165, 1.54) is 6.42 Å². The van der Waals surface area contributed by atoms with Gasteiger partial charge in [-0.2, -0.15) is 0 Å². The number of ketones is 1. The van der Waals surface area contributed by atoms with Crippen LogP contribution in [0.3, 0.4) is 0 Å². The summed E-state index contributed by atoms with van der Waals surface area (Å²) in [4.78, 5) is 23.2. The first kappa shape index (κ1) is 14.1. The van der Waals surface area contributed by atoms with Crippen LogP contribution in [0.1, 0.15) is 65.2 Å². The quantitative estimate of drug-likeness (QED) is 0.796. The molecular weight excluding hydrogens is 252 g/mol. The molecule has 3 saturated carbocycles. The van der Waals surface area contributed by atoms with Crippen molar-refractivity contribution in [3.8, 4) is 0 Å². The van der Waals surface area contributed by atoms with E-state index in [1.807, 2.05) is 0 Å². The summed E-state index contributed by atoms with van der Waals surface area (Å²) >= 11 is 0. The predicted molar refractivity (Wildman–Crippen MR) is 76.3 cm³/mol. The highest BCUT2D eigenvalue weighted by molar-refractivity contribution is 5.79. The van der Waals surface area contributed by atoms with Crippen molar-refractivity contribution in [3.05, 3.63) is 0 Å². The summed E-state index contributed by atoms with van der Waals surface area (Å²) < 4.78 is 0. The molecule has 0 aliphatic heterocycles. The van der Waals surface area contributed by atoms with E-state index in [0.717, 1.165) is 44.9 Å². The minimum Gasteiger partial charge on any atom is -0.481 e. The third-order valence-electron chi connectivity index (χ3n) is 6.99. The van der Waals surface area contributed by atoms with E-state index in [2.05, 4.69) is 13.8 Å². The van der Waals surface area contributed by atoms with Crippen molar-refractivity contribution in [3.63, 3.8) is 0 Å². The maximum atomic E-state index is 12.0. The van der Waals surface area contributed by atoms with Crippen molar-refractivity contribution in [2.75, 3.05) is 0 Å². The Balaban J connectivity index is 1.87. The molecular formula is C17H26O3. The molecule has 3 aliphatic carbocycles. The fourth-order valence-electron chi connectivity index (χ4n) is 5.56. The smallest absolute Gasteiger partial charge is 0.306 e. The summed E-state index contributed by atoms with van der Waals surface area (Å²) in [6.45, 7) is 4.71. The number of Topliss-reactive ketones (excluding diaryl/α,β-unsaturated/α-hetero) is 1. The van der Waals surface area contributed by atoms with Crippen molar-refractivity contribution in [2.24, 2.45) is 28.6 Å². The Bertz CT molecular complexity index is 444. The van der Waals surface area contributed by atoms with Gasteiger partial charge in [-0.1, -0.05) is 13.8 Å². The van der Waals surface area contributed by atoms with Crippen LogP contribution in [0.15, 0.2) is 0 Å². The Morgan fingerprint density at radius 1 is 1.20 bits per heavy atom. The molecule has 0 heterocycles. The highest BCUT2D eigenvalue weighted by Gasteiger charge is 2.57. The zero-order chi connectivity index (χ0) is 14.5. The summed E-state index contributed by atoms with van der Waals surface area (Å²) in [5, 5.41) is 9.28. The second kappa shape index (κ2) is 4.57. The number of carbonyl (C=O) groups excluding carboxylic acids is 1. The first-order chi connectivity index (χ1) is 9.35. The van der Waals surface area contributed by atoms with Crippen LogP contribution in [0.4, 0.5) is 0 Å². The van der Waals surface area contributed by atoms with Gasteiger partial charge in [0, 0.05) is 12.8 Å². The Morgan fingerprint density at radius 3 is 2.65 bits per heavy atom. The van der Waals surface area contributed by atoms with Gasteiger partial charge in [0.1, 0.15) is 5.78 Å². The molecule has 0 radical (unpaired) electrons. The number of hydrogen-bond acceptors (Lipinski definition) is 2. The van der Waals surface area contributed by atoms with Crippen molar-refractivity contribution in [2.45, 2.75) is 65.2 Å². The van der Waals surface area contributed by atoms with Crippen LogP contribution >= 0.6 is 0 Å². The van der Waals surface area contributed by atoms with E-state index in [1.54, 1.807) is 0 Å². The average molecular weight is 278 g/mol. The van der Waals surface area contributed by atoms with Crippen LogP contribution in [0, 0.1) is 28.6 Å². The number of carbonyl (C=O) groups is 2. The van der Waals surface area contributed by atoms with Gasteiger partial charge in [0.05, 0.1) is 5.92 Å². The standard InChI is InChI=1S/C17H26O3/c1-16-6-4-12-9-11(15(19)20)3-8-17(12,2)14(16)10-13(18)5-7-16/h11-12,14H,3-10H2,1-2H3,(H,19,20)/t11-,12-,14-,16-,17-/m0/s1. The van der Waals surface area contributed by atoms with Gasteiger partial charge in [-0.15, -0.1) is 0 Å². The Labute approximate surface area is 121 Å². The Morgan fingerprint density at radius 2 is 1.95 bits per heavy atom. The van der Waals surface area contributed by atoms with Crippen LogP contribution in [0.2, 0.25) is 0 Å². The van der Waals surface area contributed by atoms with Crippen molar-refractivity contribution in [1.29, 1.82) is 0 Å². The lowest BCUT2D eigenvalue weighted by atomic mass is 9.44. The number of fused-ring (bicyclic) bond motifs is 3. The van der Waals surface area contributed by atoms with Gasteiger partial charge in [0.2, 0.25) is 0 Å². The SMILES string of the molecule is C[C@]12CCC(=O)C[C@@H]1[C@@]1(C)CC[C@H](C(=O)O)C[C@@H]1CC2. The topological polar surface area (TPSA) is 54.4 Å². The molecule has 0 bridgehead atoms. The van der Waals surface area contributed by atoms with Crippen molar-refractivity contribution in [1.82, 2.24) is 0 Å². The van der Waals surface area contributed by atoms with Gasteiger partial charge in [-0.25, -0.2) is 0 Å². The maximum absolute atomic E-state index is 12.0. The largest absolute Gasteiger partial charge is 0.481 e. The minimum absolute atomic E-state index is 0.156. The lowest BCUT2D eigenvalue weighted by Crippen LogP contribution is -2.54. The van der Waals surface area contributed by atoms with Crippen LogP contribution in [-0.2, 0) is 9.59 Å². The molecule has 3 nitrogen and oxygen atoms in total. The molecule has 0 unspecified atom stereocenters. The Hall–Kier alpha value is -0.860. The molecule has 3 rings (SSSR count). The third-order valence-corrected chi connectivity index (χ3v) is 6.99. The zero-order valence-corrected chi connectivity index (χ0v) is 12.7. The molecule has 0 saturated heterocycles. The van der Waals surface area contributed by atoms with Crippen LogP contribution < -0.4 is 0 Å². The van der Waals surface area contributed by atoms with E-state index in [9.17, 15) is 14.7 Å². The van der Waals surface area contributed by atoms with E-state index < -0.39 is 5.97 Å².